The molecule has 1 aliphatic rings. The molecule has 0 aromatic heterocycles. The average molecular weight is 332 g/mol. The Morgan fingerprint density at radius 3 is 2.56 bits per heavy atom. The average Bonchev–Trinajstić information content (AvgIpc) is 2.38. The van der Waals surface area contributed by atoms with Crippen LogP contribution in [-0.2, 0) is 9.84 Å². The predicted molar refractivity (Wildman–Crippen MR) is 76.4 cm³/mol. The zero-order valence-electron chi connectivity index (χ0n) is 10.2. The third kappa shape index (κ3) is 3.56. The van der Waals surface area contributed by atoms with Gasteiger partial charge >= 0.3 is 0 Å². The predicted octanol–water partition coefficient (Wildman–Crippen LogP) is 2.61. The van der Waals surface area contributed by atoms with Gasteiger partial charge in [-0.2, -0.15) is 0 Å². The van der Waals surface area contributed by atoms with Crippen molar-refractivity contribution in [3.8, 4) is 0 Å². The first kappa shape index (κ1) is 14.0. The van der Waals surface area contributed by atoms with Gasteiger partial charge in [-0.15, -0.1) is 0 Å². The minimum Gasteiger partial charge on any atom is -0.317 e. The van der Waals surface area contributed by atoms with E-state index in [1.165, 1.54) is 0 Å². The summed E-state index contributed by atoms with van der Waals surface area (Å²) in [5.41, 5.74) is 0. The third-order valence-electron chi connectivity index (χ3n) is 3.43. The van der Waals surface area contributed by atoms with E-state index in [0.29, 0.717) is 15.3 Å². The van der Waals surface area contributed by atoms with E-state index in [4.69, 9.17) is 0 Å². The van der Waals surface area contributed by atoms with Crippen molar-refractivity contribution in [1.82, 2.24) is 5.32 Å². The highest BCUT2D eigenvalue weighted by Crippen LogP contribution is 2.25. The van der Waals surface area contributed by atoms with Crippen LogP contribution in [0.5, 0.6) is 0 Å². The number of nitrogens with one attached hydrogen (secondary N) is 1. The Hall–Kier alpha value is -0.390. The number of hydrogen-bond acceptors (Lipinski definition) is 3. The van der Waals surface area contributed by atoms with Gasteiger partial charge in [0, 0.05) is 4.47 Å². The van der Waals surface area contributed by atoms with Crippen LogP contribution >= 0.6 is 15.9 Å². The largest absolute Gasteiger partial charge is 0.317 e. The van der Waals surface area contributed by atoms with Gasteiger partial charge in [0.2, 0.25) is 0 Å². The summed E-state index contributed by atoms with van der Waals surface area (Å²) < 4.78 is 25.2. The molecule has 0 saturated carbocycles. The molecule has 1 N–H and O–H groups in total. The first-order valence-electron chi connectivity index (χ1n) is 6.27. The van der Waals surface area contributed by atoms with Gasteiger partial charge in [0.05, 0.1) is 10.6 Å². The second kappa shape index (κ2) is 6.17. The van der Waals surface area contributed by atoms with Crippen LogP contribution < -0.4 is 5.32 Å². The topological polar surface area (TPSA) is 46.2 Å². The van der Waals surface area contributed by atoms with Crippen LogP contribution in [0.4, 0.5) is 0 Å². The van der Waals surface area contributed by atoms with Crippen LogP contribution in [0.15, 0.2) is 33.6 Å². The lowest BCUT2D eigenvalue weighted by Crippen LogP contribution is -2.28. The van der Waals surface area contributed by atoms with Crippen molar-refractivity contribution in [3.63, 3.8) is 0 Å². The number of piperidine rings is 1. The maximum atomic E-state index is 12.3. The molecule has 1 aliphatic heterocycles. The van der Waals surface area contributed by atoms with Crippen LogP contribution in [0.3, 0.4) is 0 Å². The summed E-state index contributed by atoms with van der Waals surface area (Å²) in [5.74, 6) is 0.795. The summed E-state index contributed by atoms with van der Waals surface area (Å²) in [6, 6.07) is 7.04. The minimum absolute atomic E-state index is 0.250. The lowest BCUT2D eigenvalue weighted by atomic mass is 9.96. The Balaban J connectivity index is 2.01. The van der Waals surface area contributed by atoms with Crippen molar-refractivity contribution in [2.24, 2.45) is 5.92 Å². The van der Waals surface area contributed by atoms with E-state index in [9.17, 15) is 8.42 Å². The van der Waals surface area contributed by atoms with Gasteiger partial charge in [0.25, 0.3) is 0 Å². The van der Waals surface area contributed by atoms with E-state index in [-0.39, 0.29) is 5.75 Å². The Labute approximate surface area is 117 Å². The van der Waals surface area contributed by atoms with Crippen LogP contribution in [-0.4, -0.2) is 27.3 Å². The number of halogens is 1. The maximum absolute atomic E-state index is 12.3. The van der Waals surface area contributed by atoms with Crippen molar-refractivity contribution in [3.05, 3.63) is 28.7 Å². The molecule has 100 valence electrons. The van der Waals surface area contributed by atoms with E-state index in [0.717, 1.165) is 32.4 Å². The van der Waals surface area contributed by atoms with Gasteiger partial charge in [-0.25, -0.2) is 8.42 Å². The molecule has 1 heterocycles. The molecule has 3 nitrogen and oxygen atoms in total. The molecule has 0 unspecified atom stereocenters. The zero-order chi connectivity index (χ0) is 13.0. The second-order valence-electron chi connectivity index (χ2n) is 4.73. The quantitative estimate of drug-likeness (QED) is 0.922. The van der Waals surface area contributed by atoms with Crippen molar-refractivity contribution < 1.29 is 8.42 Å². The molecule has 1 fully saturated rings. The monoisotopic (exact) mass is 331 g/mol. The number of sulfone groups is 1. The van der Waals surface area contributed by atoms with E-state index >= 15 is 0 Å². The number of rotatable bonds is 4. The van der Waals surface area contributed by atoms with Gasteiger partial charge in [-0.3, -0.25) is 0 Å². The van der Waals surface area contributed by atoms with E-state index in [1.54, 1.807) is 18.2 Å². The van der Waals surface area contributed by atoms with E-state index in [2.05, 4.69) is 21.2 Å². The fraction of sp³-hybridized carbons (Fsp3) is 0.538. The van der Waals surface area contributed by atoms with Gasteiger partial charge < -0.3 is 5.32 Å². The summed E-state index contributed by atoms with van der Waals surface area (Å²) in [6.45, 7) is 2.03. The van der Waals surface area contributed by atoms with Crippen molar-refractivity contribution in [2.45, 2.75) is 24.2 Å². The molecular formula is C13H18BrNO2S. The van der Waals surface area contributed by atoms with Crippen molar-refractivity contribution >= 4 is 25.8 Å². The maximum Gasteiger partial charge on any atom is 0.179 e. The van der Waals surface area contributed by atoms with Crippen LogP contribution in [0.25, 0.3) is 0 Å². The van der Waals surface area contributed by atoms with Gasteiger partial charge in [0.1, 0.15) is 0 Å². The van der Waals surface area contributed by atoms with E-state index in [1.807, 2.05) is 6.07 Å². The Morgan fingerprint density at radius 2 is 1.89 bits per heavy atom. The van der Waals surface area contributed by atoms with Crippen LogP contribution in [0.2, 0.25) is 0 Å². The Kier molecular flexibility index (Phi) is 4.81. The molecule has 18 heavy (non-hydrogen) atoms. The highest BCUT2D eigenvalue weighted by atomic mass is 79.9. The summed E-state index contributed by atoms with van der Waals surface area (Å²) >= 11 is 3.31. The molecule has 0 radical (unpaired) electrons. The van der Waals surface area contributed by atoms with Gasteiger partial charge in [-0.1, -0.05) is 12.1 Å². The zero-order valence-corrected chi connectivity index (χ0v) is 12.6. The SMILES string of the molecule is O=S(=O)(CCC1CCNCC1)c1ccccc1Br. The highest BCUT2D eigenvalue weighted by molar-refractivity contribution is 9.10. The summed E-state index contributed by atoms with van der Waals surface area (Å²) in [4.78, 5) is 0.416. The standard InChI is InChI=1S/C13H18BrNO2S/c14-12-3-1-2-4-13(12)18(16,17)10-7-11-5-8-15-9-6-11/h1-4,11,15H,5-10H2. The van der Waals surface area contributed by atoms with Crippen LogP contribution in [0, 0.1) is 5.92 Å². The lowest BCUT2D eigenvalue weighted by Gasteiger charge is -2.22. The Morgan fingerprint density at radius 1 is 1.22 bits per heavy atom. The highest BCUT2D eigenvalue weighted by Gasteiger charge is 2.20. The molecule has 5 heteroatoms. The number of benzene rings is 1. The normalized spacial score (nSPS) is 17.8. The van der Waals surface area contributed by atoms with Crippen molar-refractivity contribution in [2.75, 3.05) is 18.8 Å². The fourth-order valence-electron chi connectivity index (χ4n) is 2.30. The molecule has 0 atom stereocenters. The third-order valence-corrected chi connectivity index (χ3v) is 6.18. The summed E-state index contributed by atoms with van der Waals surface area (Å²) in [7, 11) is -3.16. The first-order chi connectivity index (χ1) is 8.59. The number of hydrogen-bond donors (Lipinski definition) is 1. The lowest BCUT2D eigenvalue weighted by molar-refractivity contribution is 0.365. The first-order valence-corrected chi connectivity index (χ1v) is 8.72. The van der Waals surface area contributed by atoms with Crippen LogP contribution in [0.1, 0.15) is 19.3 Å². The summed E-state index contributed by atoms with van der Waals surface area (Å²) in [5, 5.41) is 3.30. The van der Waals surface area contributed by atoms with Gasteiger partial charge in [0.15, 0.2) is 9.84 Å². The molecular weight excluding hydrogens is 314 g/mol. The second-order valence-corrected chi connectivity index (χ2v) is 7.66. The molecule has 0 spiro atoms. The van der Waals surface area contributed by atoms with Gasteiger partial charge in [-0.05, 0) is 66.3 Å². The van der Waals surface area contributed by atoms with Crippen molar-refractivity contribution in [1.29, 1.82) is 0 Å². The molecule has 1 aromatic carbocycles. The molecule has 0 bridgehead atoms. The molecule has 2 rings (SSSR count). The molecule has 1 aromatic rings. The summed E-state index contributed by atoms with van der Waals surface area (Å²) in [6.07, 6.45) is 2.95. The fourth-order valence-corrected chi connectivity index (χ4v) is 4.84. The Bertz CT molecular complexity index is 495. The van der Waals surface area contributed by atoms with E-state index < -0.39 is 9.84 Å². The molecule has 0 amide bonds. The minimum atomic E-state index is -3.16. The molecule has 0 aliphatic carbocycles. The molecule has 1 saturated heterocycles. The smallest absolute Gasteiger partial charge is 0.179 e.